The number of carbonyl (C=O) groups excluding carboxylic acids is 2. The van der Waals surface area contributed by atoms with Crippen molar-refractivity contribution in [2.24, 2.45) is 34.0 Å². The highest BCUT2D eigenvalue weighted by molar-refractivity contribution is 6.04. The Labute approximate surface area is 148 Å². The van der Waals surface area contributed by atoms with Crippen LogP contribution >= 0.6 is 0 Å². The third kappa shape index (κ3) is 1.75. The lowest BCUT2D eigenvalue weighted by molar-refractivity contribution is -0.237. The summed E-state index contributed by atoms with van der Waals surface area (Å²) in [5.41, 5.74) is -2.03. The first-order valence-electron chi connectivity index (χ1n) is 9.46. The molecule has 4 rings (SSSR count). The van der Waals surface area contributed by atoms with Crippen molar-refractivity contribution < 1.29 is 24.9 Å². The highest BCUT2D eigenvalue weighted by Gasteiger charge is 2.74. The van der Waals surface area contributed by atoms with Crippen LogP contribution in [0.15, 0.2) is 12.2 Å². The van der Waals surface area contributed by atoms with Gasteiger partial charge in [0.05, 0.1) is 17.6 Å². The number of aliphatic hydroxyl groups excluding tert-OH is 3. The van der Waals surface area contributed by atoms with Crippen molar-refractivity contribution >= 4 is 12.1 Å². The van der Waals surface area contributed by atoms with Crippen LogP contribution in [0.25, 0.3) is 0 Å². The van der Waals surface area contributed by atoms with Crippen molar-refractivity contribution in [1.29, 1.82) is 0 Å². The van der Waals surface area contributed by atoms with Gasteiger partial charge in [-0.2, -0.15) is 0 Å². The number of Topliss-reactive ketones (excluding diaryl/α,β-unsaturated/α-hetero) is 1. The summed E-state index contributed by atoms with van der Waals surface area (Å²) in [7, 11) is 0. The molecule has 0 aromatic heterocycles. The summed E-state index contributed by atoms with van der Waals surface area (Å²) in [6.45, 7) is 5.71. The maximum absolute atomic E-state index is 13.2. The van der Waals surface area contributed by atoms with E-state index in [2.05, 4.69) is 6.58 Å². The summed E-state index contributed by atoms with van der Waals surface area (Å²) in [6, 6.07) is 0. The SMILES string of the molecule is C=C1C(=O)[C@@]23[C@H](O)C[C@H]4[C@@](CO)(CCC[C@]4(C)C=O)[C@@H]2CC[C@@H]1[C@H]3O. The number of rotatable bonds is 2. The summed E-state index contributed by atoms with van der Waals surface area (Å²) in [4.78, 5) is 25.1. The van der Waals surface area contributed by atoms with Gasteiger partial charge in [-0.25, -0.2) is 0 Å². The third-order valence-electron chi connectivity index (χ3n) is 8.46. The number of hydrogen-bond donors (Lipinski definition) is 3. The molecule has 2 bridgehead atoms. The van der Waals surface area contributed by atoms with Crippen molar-refractivity contribution in [1.82, 2.24) is 0 Å². The molecule has 4 aliphatic carbocycles. The van der Waals surface area contributed by atoms with Crippen LogP contribution in [0.5, 0.6) is 0 Å². The van der Waals surface area contributed by atoms with E-state index in [9.17, 15) is 24.9 Å². The zero-order valence-electron chi connectivity index (χ0n) is 14.8. The van der Waals surface area contributed by atoms with Crippen molar-refractivity contribution in [2.45, 2.75) is 57.7 Å². The van der Waals surface area contributed by atoms with E-state index < -0.39 is 28.5 Å². The maximum atomic E-state index is 13.2. The molecule has 1 spiro atoms. The molecule has 0 aromatic carbocycles. The Balaban J connectivity index is 1.91. The molecule has 0 amide bonds. The quantitative estimate of drug-likeness (QED) is 0.516. The molecule has 5 heteroatoms. The smallest absolute Gasteiger partial charge is 0.170 e. The van der Waals surface area contributed by atoms with E-state index in [0.29, 0.717) is 18.4 Å². The fraction of sp³-hybridized carbons (Fsp3) is 0.800. The number of ketones is 1. The van der Waals surface area contributed by atoms with Crippen LogP contribution in [0.1, 0.15) is 45.4 Å². The molecule has 0 aromatic rings. The van der Waals surface area contributed by atoms with E-state index in [0.717, 1.165) is 25.5 Å². The molecule has 0 aliphatic heterocycles. The lowest BCUT2D eigenvalue weighted by atomic mass is 9.39. The van der Waals surface area contributed by atoms with Gasteiger partial charge >= 0.3 is 0 Å². The van der Waals surface area contributed by atoms with Gasteiger partial charge in [0, 0.05) is 23.4 Å². The van der Waals surface area contributed by atoms with Crippen LogP contribution in [0.3, 0.4) is 0 Å². The lowest BCUT2D eigenvalue weighted by Crippen LogP contribution is -2.69. The minimum absolute atomic E-state index is 0.114. The maximum Gasteiger partial charge on any atom is 0.170 e. The average Bonchev–Trinajstić information content (AvgIpc) is 2.71. The summed E-state index contributed by atoms with van der Waals surface area (Å²) >= 11 is 0. The second-order valence-corrected chi connectivity index (χ2v) is 9.14. The van der Waals surface area contributed by atoms with Crippen LogP contribution in [-0.4, -0.2) is 46.2 Å². The molecule has 3 N–H and O–H groups in total. The van der Waals surface area contributed by atoms with Gasteiger partial charge in [-0.3, -0.25) is 4.79 Å². The van der Waals surface area contributed by atoms with E-state index in [-0.39, 0.29) is 36.6 Å². The largest absolute Gasteiger partial charge is 0.396 e. The zero-order chi connectivity index (χ0) is 18.2. The summed E-state index contributed by atoms with van der Waals surface area (Å²) in [5, 5.41) is 32.6. The van der Waals surface area contributed by atoms with E-state index in [1.807, 2.05) is 6.92 Å². The second-order valence-electron chi connectivity index (χ2n) is 9.14. The fourth-order valence-electron chi connectivity index (χ4n) is 7.31. The van der Waals surface area contributed by atoms with E-state index >= 15 is 0 Å². The highest BCUT2D eigenvalue weighted by Crippen LogP contribution is 2.70. The van der Waals surface area contributed by atoms with Crippen LogP contribution in [0, 0.1) is 34.0 Å². The van der Waals surface area contributed by atoms with Gasteiger partial charge in [-0.1, -0.05) is 19.9 Å². The Morgan fingerprint density at radius 3 is 2.60 bits per heavy atom. The van der Waals surface area contributed by atoms with Crippen molar-refractivity contribution in [2.75, 3.05) is 6.61 Å². The van der Waals surface area contributed by atoms with Gasteiger partial charge in [-0.15, -0.1) is 0 Å². The van der Waals surface area contributed by atoms with Crippen LogP contribution < -0.4 is 0 Å². The molecule has 4 aliphatic rings. The second kappa shape index (κ2) is 5.24. The molecule has 8 atom stereocenters. The Morgan fingerprint density at radius 2 is 1.96 bits per heavy atom. The summed E-state index contributed by atoms with van der Waals surface area (Å²) in [5.74, 6) is -0.986. The van der Waals surface area contributed by atoms with Gasteiger partial charge in [0.1, 0.15) is 6.29 Å². The van der Waals surface area contributed by atoms with Gasteiger partial charge in [0.25, 0.3) is 0 Å². The number of aliphatic hydroxyl groups is 3. The average molecular weight is 348 g/mol. The lowest BCUT2D eigenvalue weighted by Gasteiger charge is -2.65. The predicted octanol–water partition coefficient (Wildman–Crippen LogP) is 1.25. The van der Waals surface area contributed by atoms with Gasteiger partial charge in [-0.05, 0) is 49.5 Å². The van der Waals surface area contributed by atoms with Crippen molar-refractivity contribution in [3.63, 3.8) is 0 Å². The molecular formula is C20H28O5. The molecule has 25 heavy (non-hydrogen) atoms. The molecule has 0 radical (unpaired) electrons. The monoisotopic (exact) mass is 348 g/mol. The Hall–Kier alpha value is -1.04. The minimum Gasteiger partial charge on any atom is -0.396 e. The molecule has 4 fully saturated rings. The van der Waals surface area contributed by atoms with Crippen LogP contribution in [0.4, 0.5) is 0 Å². The van der Waals surface area contributed by atoms with E-state index in [1.54, 1.807) is 0 Å². The van der Waals surface area contributed by atoms with Crippen LogP contribution in [0.2, 0.25) is 0 Å². The third-order valence-corrected chi connectivity index (χ3v) is 8.46. The molecule has 138 valence electrons. The Bertz CT molecular complexity index is 644. The first-order chi connectivity index (χ1) is 11.8. The van der Waals surface area contributed by atoms with Crippen molar-refractivity contribution in [3.8, 4) is 0 Å². The molecule has 5 nitrogen and oxygen atoms in total. The molecule has 4 saturated carbocycles. The number of aldehydes is 1. The summed E-state index contributed by atoms with van der Waals surface area (Å²) < 4.78 is 0. The first kappa shape index (κ1) is 17.4. The minimum atomic E-state index is -1.25. The van der Waals surface area contributed by atoms with Crippen molar-refractivity contribution in [3.05, 3.63) is 12.2 Å². The van der Waals surface area contributed by atoms with Crippen LogP contribution in [-0.2, 0) is 9.59 Å². The molecule has 0 heterocycles. The first-order valence-corrected chi connectivity index (χ1v) is 9.46. The molecule has 0 unspecified atom stereocenters. The highest BCUT2D eigenvalue weighted by atomic mass is 16.3. The number of hydrogen-bond acceptors (Lipinski definition) is 5. The summed E-state index contributed by atoms with van der Waals surface area (Å²) in [6.07, 6.45) is 2.92. The van der Waals surface area contributed by atoms with Gasteiger partial charge in [0.2, 0.25) is 0 Å². The van der Waals surface area contributed by atoms with Gasteiger partial charge < -0.3 is 20.1 Å². The Morgan fingerprint density at radius 1 is 1.24 bits per heavy atom. The molecule has 0 saturated heterocycles. The standard InChI is InChI=1S/C20H28O5/c1-11-12-4-5-13-19(10-22)7-3-6-18(2,9-21)14(19)8-15(23)20(13,16(11)24)17(12)25/h9,12-15,17,22-23,25H,1,3-8,10H2,2H3/t12-,13-,14+,15+,17+,18+,19+,20-/m0/s1. The van der Waals surface area contributed by atoms with Gasteiger partial charge in [0.15, 0.2) is 5.78 Å². The normalized spacial score (nSPS) is 54.8. The number of fused-ring (bicyclic) bond motifs is 3. The van der Waals surface area contributed by atoms with E-state index in [1.165, 1.54) is 0 Å². The molecular weight excluding hydrogens is 320 g/mol. The topological polar surface area (TPSA) is 94.8 Å². The zero-order valence-corrected chi connectivity index (χ0v) is 14.8. The fourth-order valence-corrected chi connectivity index (χ4v) is 7.31. The number of carbonyl (C=O) groups is 2. The van der Waals surface area contributed by atoms with E-state index in [4.69, 9.17) is 0 Å². The Kier molecular flexibility index (Phi) is 3.64. The predicted molar refractivity (Wildman–Crippen MR) is 90.5 cm³/mol.